The highest BCUT2D eigenvalue weighted by molar-refractivity contribution is 6.05. The van der Waals surface area contributed by atoms with Crippen molar-refractivity contribution in [2.45, 2.75) is 19.5 Å². The van der Waals surface area contributed by atoms with Crippen LogP contribution in [0.4, 0.5) is 4.39 Å². The van der Waals surface area contributed by atoms with Gasteiger partial charge in [0.25, 0.3) is 5.91 Å². The molecule has 1 aliphatic rings. The molecule has 0 bridgehead atoms. The molecule has 11 heteroatoms. The fourth-order valence-electron chi connectivity index (χ4n) is 4.76. The van der Waals surface area contributed by atoms with Crippen molar-refractivity contribution < 1.29 is 13.9 Å². The third kappa shape index (κ3) is 4.73. The van der Waals surface area contributed by atoms with Gasteiger partial charge < -0.3 is 15.0 Å². The Morgan fingerprint density at radius 1 is 1.18 bits per heavy atom. The summed E-state index contributed by atoms with van der Waals surface area (Å²) in [6.07, 6.45) is 6.62. The first-order valence-corrected chi connectivity index (χ1v) is 12.6. The van der Waals surface area contributed by atoms with Crippen molar-refractivity contribution in [1.29, 1.82) is 0 Å². The molecule has 1 aromatic carbocycles. The van der Waals surface area contributed by atoms with Gasteiger partial charge in [-0.1, -0.05) is 0 Å². The molecule has 1 unspecified atom stereocenters. The molecule has 38 heavy (non-hydrogen) atoms. The molecule has 6 rings (SSSR count). The largest absolute Gasteiger partial charge is 0.379 e. The summed E-state index contributed by atoms with van der Waals surface area (Å²) in [7, 11) is 0. The van der Waals surface area contributed by atoms with E-state index in [4.69, 9.17) is 14.8 Å². The molecule has 2 N–H and O–H groups in total. The third-order valence-corrected chi connectivity index (χ3v) is 6.87. The normalized spacial score (nSPS) is 15.2. The number of carbonyl (C=O) groups excluding carboxylic acids is 1. The maximum absolute atomic E-state index is 14.2. The number of nitrogens with zero attached hydrogens (tertiary/aromatic N) is 6. The molecule has 10 nitrogen and oxygen atoms in total. The fraction of sp³-hybridized carbons (Fsp3) is 0.296. The van der Waals surface area contributed by atoms with Gasteiger partial charge in [0.2, 0.25) is 0 Å². The zero-order chi connectivity index (χ0) is 26.1. The van der Waals surface area contributed by atoms with E-state index in [1.165, 1.54) is 12.1 Å². The lowest BCUT2D eigenvalue weighted by Crippen LogP contribution is -2.38. The summed E-state index contributed by atoms with van der Waals surface area (Å²) in [6.45, 7) is 6.43. The summed E-state index contributed by atoms with van der Waals surface area (Å²) in [5.74, 6) is -0.596. The monoisotopic (exact) mass is 514 g/mol. The number of pyridine rings is 1. The van der Waals surface area contributed by atoms with Crippen molar-refractivity contribution >= 4 is 28.0 Å². The molecule has 5 heterocycles. The zero-order valence-electron chi connectivity index (χ0n) is 20.9. The quantitative estimate of drug-likeness (QED) is 0.342. The standard InChI is InChI=1S/C27H27FN8O2/c1-17(18-4-6-29-7-5-18)32-27(37)21-15-30-26-25(21)33-22(16-31-26)24-20-3-2-19(28)14-23(20)36(34-24)9-8-35-10-12-38-13-11-35/h2-7,14-17H,8-13H2,1H3,(H,30,31)(H,32,37). The Morgan fingerprint density at radius 2 is 2.00 bits per heavy atom. The van der Waals surface area contributed by atoms with Crippen LogP contribution in [0, 0.1) is 5.82 Å². The number of carbonyl (C=O) groups is 1. The Kier molecular flexibility index (Phi) is 6.52. The highest BCUT2D eigenvalue weighted by atomic mass is 19.1. The molecular formula is C27H27FN8O2. The van der Waals surface area contributed by atoms with Crippen LogP contribution in [-0.4, -0.2) is 73.4 Å². The van der Waals surface area contributed by atoms with Gasteiger partial charge in [-0.2, -0.15) is 5.10 Å². The first kappa shape index (κ1) is 24.1. The molecule has 1 aliphatic heterocycles. The summed E-state index contributed by atoms with van der Waals surface area (Å²) in [4.78, 5) is 31.8. The second kappa shape index (κ2) is 10.3. The van der Waals surface area contributed by atoms with Gasteiger partial charge >= 0.3 is 0 Å². The van der Waals surface area contributed by atoms with Gasteiger partial charge in [0.15, 0.2) is 5.65 Å². The summed E-state index contributed by atoms with van der Waals surface area (Å²) >= 11 is 0. The van der Waals surface area contributed by atoms with Crippen molar-refractivity contribution in [2.75, 3.05) is 32.8 Å². The molecule has 1 atom stereocenters. The van der Waals surface area contributed by atoms with Crippen LogP contribution < -0.4 is 5.32 Å². The van der Waals surface area contributed by atoms with E-state index in [0.29, 0.717) is 53.4 Å². The summed E-state index contributed by atoms with van der Waals surface area (Å²) in [6, 6.07) is 8.13. The van der Waals surface area contributed by atoms with Crippen LogP contribution in [0.5, 0.6) is 0 Å². The number of rotatable bonds is 7. The van der Waals surface area contributed by atoms with Crippen molar-refractivity contribution in [3.05, 3.63) is 72.1 Å². The van der Waals surface area contributed by atoms with Crippen LogP contribution in [0.25, 0.3) is 33.5 Å². The number of morpholine rings is 1. The first-order valence-electron chi connectivity index (χ1n) is 12.6. The molecule has 4 aromatic heterocycles. The van der Waals surface area contributed by atoms with E-state index in [0.717, 1.165) is 30.6 Å². The first-order chi connectivity index (χ1) is 18.6. The van der Waals surface area contributed by atoms with E-state index in [9.17, 15) is 9.18 Å². The topological polar surface area (TPSA) is 114 Å². The maximum Gasteiger partial charge on any atom is 0.255 e. The summed E-state index contributed by atoms with van der Waals surface area (Å²) in [5, 5.41) is 8.59. The SMILES string of the molecule is CC(NC(=O)c1c[nH]c2ncc(-c3nn(CCN4CCOCC4)c4cc(F)ccc34)nc12)c1ccncc1. The summed E-state index contributed by atoms with van der Waals surface area (Å²) in [5.41, 5.74) is 4.06. The third-order valence-electron chi connectivity index (χ3n) is 6.87. The number of aromatic nitrogens is 6. The number of ether oxygens (including phenoxy) is 1. The van der Waals surface area contributed by atoms with Gasteiger partial charge in [-0.25, -0.2) is 14.4 Å². The van der Waals surface area contributed by atoms with E-state index in [1.54, 1.807) is 30.9 Å². The summed E-state index contributed by atoms with van der Waals surface area (Å²) < 4.78 is 21.5. The predicted octanol–water partition coefficient (Wildman–Crippen LogP) is 3.33. The molecule has 1 fully saturated rings. The molecule has 0 radical (unpaired) electrons. The Bertz CT molecular complexity index is 1590. The van der Waals surface area contributed by atoms with Gasteiger partial charge in [0.1, 0.15) is 22.7 Å². The molecule has 5 aromatic rings. The van der Waals surface area contributed by atoms with E-state index in [-0.39, 0.29) is 17.8 Å². The van der Waals surface area contributed by atoms with E-state index in [2.05, 4.69) is 25.2 Å². The van der Waals surface area contributed by atoms with Crippen LogP contribution in [0.3, 0.4) is 0 Å². The van der Waals surface area contributed by atoms with Gasteiger partial charge in [0, 0.05) is 43.6 Å². The van der Waals surface area contributed by atoms with Crippen LogP contribution in [0.15, 0.2) is 55.1 Å². The lowest BCUT2D eigenvalue weighted by atomic mass is 10.1. The van der Waals surface area contributed by atoms with Crippen LogP contribution in [0.1, 0.15) is 28.9 Å². The molecule has 1 amide bonds. The molecular weight excluding hydrogens is 487 g/mol. The average molecular weight is 515 g/mol. The second-order valence-electron chi connectivity index (χ2n) is 9.32. The van der Waals surface area contributed by atoms with Gasteiger partial charge in [-0.3, -0.25) is 19.4 Å². The smallest absolute Gasteiger partial charge is 0.255 e. The highest BCUT2D eigenvalue weighted by Crippen LogP contribution is 2.29. The minimum absolute atomic E-state index is 0.215. The van der Waals surface area contributed by atoms with Crippen molar-refractivity contribution in [3.63, 3.8) is 0 Å². The number of fused-ring (bicyclic) bond motifs is 2. The van der Waals surface area contributed by atoms with Crippen molar-refractivity contribution in [1.82, 2.24) is 39.9 Å². The Hall–Kier alpha value is -4.22. The molecule has 0 aliphatic carbocycles. The van der Waals surface area contributed by atoms with Crippen LogP contribution >= 0.6 is 0 Å². The van der Waals surface area contributed by atoms with Crippen LogP contribution in [0.2, 0.25) is 0 Å². The molecule has 0 spiro atoms. The number of nitrogens with one attached hydrogen (secondary N) is 2. The van der Waals surface area contributed by atoms with Gasteiger partial charge in [-0.15, -0.1) is 0 Å². The van der Waals surface area contributed by atoms with Crippen molar-refractivity contribution in [2.24, 2.45) is 0 Å². The minimum Gasteiger partial charge on any atom is -0.379 e. The lowest BCUT2D eigenvalue weighted by molar-refractivity contribution is 0.0361. The maximum atomic E-state index is 14.2. The zero-order valence-corrected chi connectivity index (χ0v) is 20.9. The highest BCUT2D eigenvalue weighted by Gasteiger charge is 2.21. The number of H-pyrrole nitrogens is 1. The van der Waals surface area contributed by atoms with Gasteiger partial charge in [0.05, 0.1) is 43.1 Å². The molecule has 1 saturated heterocycles. The lowest BCUT2D eigenvalue weighted by Gasteiger charge is -2.26. The molecule has 194 valence electrons. The Labute approximate surface area is 217 Å². The predicted molar refractivity (Wildman–Crippen MR) is 140 cm³/mol. The Morgan fingerprint density at radius 3 is 2.82 bits per heavy atom. The number of amides is 1. The Balaban J connectivity index is 1.32. The number of benzene rings is 1. The molecule has 0 saturated carbocycles. The number of hydrogen-bond acceptors (Lipinski definition) is 7. The number of hydrogen-bond donors (Lipinski definition) is 2. The second-order valence-corrected chi connectivity index (χ2v) is 9.32. The van der Waals surface area contributed by atoms with Gasteiger partial charge in [-0.05, 0) is 42.8 Å². The van der Waals surface area contributed by atoms with E-state index < -0.39 is 0 Å². The average Bonchev–Trinajstić information content (AvgIpc) is 3.54. The van der Waals surface area contributed by atoms with E-state index in [1.807, 2.05) is 23.7 Å². The fourth-order valence-corrected chi connectivity index (χ4v) is 4.76. The number of aromatic amines is 1. The number of halogens is 1. The van der Waals surface area contributed by atoms with Crippen molar-refractivity contribution in [3.8, 4) is 11.4 Å². The van der Waals surface area contributed by atoms with E-state index >= 15 is 0 Å². The minimum atomic E-state index is -0.328. The van der Waals surface area contributed by atoms with Crippen LogP contribution in [-0.2, 0) is 11.3 Å².